The van der Waals surface area contributed by atoms with Crippen molar-refractivity contribution in [3.63, 3.8) is 0 Å². The van der Waals surface area contributed by atoms with Gasteiger partial charge in [0, 0.05) is 12.0 Å². The summed E-state index contributed by atoms with van der Waals surface area (Å²) in [4.78, 5) is 23.2. The molecule has 7 nitrogen and oxygen atoms in total. The molecule has 0 amide bonds. The Morgan fingerprint density at radius 1 is 1.04 bits per heavy atom. The molecule has 2 aromatic carbocycles. The van der Waals surface area contributed by atoms with Crippen LogP contribution in [0.3, 0.4) is 0 Å². The number of aryl methyl sites for hydroxylation is 1. The van der Waals surface area contributed by atoms with Crippen molar-refractivity contribution in [1.29, 1.82) is 0 Å². The number of benzene rings is 2. The second-order valence-electron chi connectivity index (χ2n) is 5.89. The summed E-state index contributed by atoms with van der Waals surface area (Å²) in [5.41, 5.74) is 2.16. The Labute approximate surface area is 164 Å². The normalized spacial score (nSPS) is 11.4. The van der Waals surface area contributed by atoms with Crippen molar-refractivity contribution in [3.8, 4) is 5.75 Å². The summed E-state index contributed by atoms with van der Waals surface area (Å²) < 4.78 is 35.9. The molecule has 0 radical (unpaired) electrons. The van der Waals surface area contributed by atoms with E-state index in [0.29, 0.717) is 5.56 Å². The Balaban J connectivity index is 1.80. The number of rotatable bonds is 8. The molecule has 1 N–H and O–H groups in total. The van der Waals surface area contributed by atoms with E-state index in [1.54, 1.807) is 0 Å². The summed E-state index contributed by atoms with van der Waals surface area (Å²) in [5.74, 6) is -0.846. The molecule has 0 aliphatic rings. The van der Waals surface area contributed by atoms with Crippen LogP contribution < -0.4 is 9.46 Å². The molecule has 0 aliphatic carbocycles. The first kappa shape index (κ1) is 21.3. The van der Waals surface area contributed by atoms with E-state index < -0.39 is 22.0 Å². The SMILES string of the molecule is COC(=O)c1ccc(OC(=O)CCNS(=O)(=O)/C=C/c2ccc(C)cc2)cc1. The third-order valence-electron chi connectivity index (χ3n) is 3.66. The maximum Gasteiger partial charge on any atom is 0.337 e. The highest BCUT2D eigenvalue weighted by atomic mass is 32.2. The van der Waals surface area contributed by atoms with Gasteiger partial charge in [0.1, 0.15) is 5.75 Å². The van der Waals surface area contributed by atoms with E-state index in [4.69, 9.17) is 4.74 Å². The Kier molecular flexibility index (Phi) is 7.48. The number of hydrogen-bond acceptors (Lipinski definition) is 6. The van der Waals surface area contributed by atoms with Crippen LogP contribution in [0.5, 0.6) is 5.75 Å². The average Bonchev–Trinajstić information content (AvgIpc) is 2.67. The van der Waals surface area contributed by atoms with Crippen LogP contribution in [0.15, 0.2) is 53.9 Å². The second-order valence-corrected chi connectivity index (χ2v) is 7.54. The van der Waals surface area contributed by atoms with Crippen molar-refractivity contribution in [3.05, 3.63) is 70.6 Å². The van der Waals surface area contributed by atoms with E-state index in [2.05, 4.69) is 9.46 Å². The molecule has 0 bridgehead atoms. The van der Waals surface area contributed by atoms with Crippen LogP contribution in [0.25, 0.3) is 6.08 Å². The Morgan fingerprint density at radius 2 is 1.68 bits per heavy atom. The summed E-state index contributed by atoms with van der Waals surface area (Å²) in [6.07, 6.45) is 1.33. The van der Waals surface area contributed by atoms with Crippen LogP contribution in [0, 0.1) is 6.92 Å². The summed E-state index contributed by atoms with van der Waals surface area (Å²) in [7, 11) is -2.40. The second kappa shape index (κ2) is 9.82. The van der Waals surface area contributed by atoms with Crippen LogP contribution >= 0.6 is 0 Å². The third kappa shape index (κ3) is 6.98. The maximum absolute atomic E-state index is 11.9. The zero-order chi connectivity index (χ0) is 20.6. The highest BCUT2D eigenvalue weighted by Gasteiger charge is 2.10. The number of sulfonamides is 1. The van der Waals surface area contributed by atoms with Gasteiger partial charge in [0.15, 0.2) is 0 Å². The van der Waals surface area contributed by atoms with Crippen molar-refractivity contribution in [1.82, 2.24) is 4.72 Å². The van der Waals surface area contributed by atoms with Gasteiger partial charge in [-0.25, -0.2) is 17.9 Å². The lowest BCUT2D eigenvalue weighted by atomic mass is 10.2. The molecule has 148 valence electrons. The van der Waals surface area contributed by atoms with Gasteiger partial charge in [0.2, 0.25) is 10.0 Å². The summed E-state index contributed by atoms with van der Waals surface area (Å²) >= 11 is 0. The van der Waals surface area contributed by atoms with Crippen LogP contribution in [0.2, 0.25) is 0 Å². The molecular weight excluding hydrogens is 382 g/mol. The number of hydrogen-bond donors (Lipinski definition) is 1. The average molecular weight is 403 g/mol. The number of esters is 2. The van der Waals surface area contributed by atoms with E-state index in [0.717, 1.165) is 16.5 Å². The van der Waals surface area contributed by atoms with Crippen LogP contribution in [0.1, 0.15) is 27.9 Å². The highest BCUT2D eigenvalue weighted by Crippen LogP contribution is 2.13. The first-order chi connectivity index (χ1) is 13.3. The van der Waals surface area contributed by atoms with E-state index >= 15 is 0 Å². The monoisotopic (exact) mass is 403 g/mol. The molecule has 2 aromatic rings. The molecule has 0 unspecified atom stereocenters. The molecule has 28 heavy (non-hydrogen) atoms. The zero-order valence-electron chi connectivity index (χ0n) is 15.5. The zero-order valence-corrected chi connectivity index (χ0v) is 16.4. The molecular formula is C20H21NO6S. The number of methoxy groups -OCH3 is 1. The fourth-order valence-corrected chi connectivity index (χ4v) is 2.97. The molecule has 0 heterocycles. The number of carbonyl (C=O) groups excluding carboxylic acids is 2. The predicted molar refractivity (Wildman–Crippen MR) is 105 cm³/mol. The molecule has 0 aliphatic heterocycles. The van der Waals surface area contributed by atoms with Crippen molar-refractivity contribution >= 4 is 28.0 Å². The predicted octanol–water partition coefficient (Wildman–Crippen LogP) is 2.67. The van der Waals surface area contributed by atoms with Gasteiger partial charge in [0.05, 0.1) is 19.1 Å². The van der Waals surface area contributed by atoms with E-state index in [9.17, 15) is 18.0 Å². The quantitative estimate of drug-likeness (QED) is 0.537. The lowest BCUT2D eigenvalue weighted by Crippen LogP contribution is -2.25. The lowest BCUT2D eigenvalue weighted by Gasteiger charge is -2.06. The molecule has 2 rings (SSSR count). The van der Waals surface area contributed by atoms with Gasteiger partial charge in [-0.15, -0.1) is 0 Å². The Hall–Kier alpha value is -2.97. The van der Waals surface area contributed by atoms with Crippen molar-refractivity contribution in [2.75, 3.05) is 13.7 Å². The van der Waals surface area contributed by atoms with E-state index in [1.165, 1.54) is 37.5 Å². The third-order valence-corrected chi connectivity index (χ3v) is 4.76. The number of nitrogens with one attached hydrogen (secondary N) is 1. The van der Waals surface area contributed by atoms with Crippen LogP contribution in [0.4, 0.5) is 0 Å². The minimum atomic E-state index is -3.67. The van der Waals surface area contributed by atoms with E-state index in [-0.39, 0.29) is 18.7 Å². The van der Waals surface area contributed by atoms with Crippen molar-refractivity contribution < 1.29 is 27.5 Å². The molecule has 0 atom stereocenters. The number of ether oxygens (including phenoxy) is 2. The molecule has 0 spiro atoms. The van der Waals surface area contributed by atoms with Crippen LogP contribution in [-0.4, -0.2) is 34.0 Å². The standard InChI is InChI=1S/C20H21NO6S/c1-15-3-5-16(6-4-15)12-14-28(24,25)21-13-11-19(22)27-18-9-7-17(8-10-18)20(23)26-2/h3-10,12,14,21H,11,13H2,1-2H3/b14-12+. The molecule has 0 fully saturated rings. The summed E-state index contributed by atoms with van der Waals surface area (Å²) in [5, 5.41) is 1.05. The van der Waals surface area contributed by atoms with Gasteiger partial charge in [-0.05, 0) is 42.8 Å². The molecule has 0 saturated carbocycles. The van der Waals surface area contributed by atoms with Gasteiger partial charge in [-0.2, -0.15) is 0 Å². The van der Waals surface area contributed by atoms with Gasteiger partial charge in [0.25, 0.3) is 0 Å². The molecule has 8 heteroatoms. The largest absolute Gasteiger partial charge is 0.465 e. The maximum atomic E-state index is 11.9. The van der Waals surface area contributed by atoms with Crippen LogP contribution in [-0.2, 0) is 19.6 Å². The van der Waals surface area contributed by atoms with Crippen molar-refractivity contribution in [2.24, 2.45) is 0 Å². The molecule has 0 saturated heterocycles. The summed E-state index contributed by atoms with van der Waals surface area (Å²) in [6.45, 7) is 1.85. The summed E-state index contributed by atoms with van der Waals surface area (Å²) in [6, 6.07) is 13.2. The fourth-order valence-electron chi connectivity index (χ4n) is 2.15. The van der Waals surface area contributed by atoms with Gasteiger partial charge in [-0.3, -0.25) is 4.79 Å². The van der Waals surface area contributed by atoms with Gasteiger partial charge >= 0.3 is 11.9 Å². The number of carbonyl (C=O) groups is 2. The minimum absolute atomic E-state index is 0.0976. The first-order valence-electron chi connectivity index (χ1n) is 8.42. The fraction of sp³-hybridized carbons (Fsp3) is 0.200. The van der Waals surface area contributed by atoms with Gasteiger partial charge in [-0.1, -0.05) is 29.8 Å². The van der Waals surface area contributed by atoms with E-state index in [1.807, 2.05) is 31.2 Å². The van der Waals surface area contributed by atoms with Crippen molar-refractivity contribution in [2.45, 2.75) is 13.3 Å². The smallest absolute Gasteiger partial charge is 0.337 e. The Morgan fingerprint density at radius 3 is 2.29 bits per heavy atom. The Bertz CT molecular complexity index is 947. The van der Waals surface area contributed by atoms with Gasteiger partial charge < -0.3 is 9.47 Å². The lowest BCUT2D eigenvalue weighted by molar-refractivity contribution is -0.134. The molecule has 0 aromatic heterocycles. The topological polar surface area (TPSA) is 98.8 Å². The highest BCUT2D eigenvalue weighted by molar-refractivity contribution is 7.92. The first-order valence-corrected chi connectivity index (χ1v) is 9.97. The minimum Gasteiger partial charge on any atom is -0.465 e.